The third kappa shape index (κ3) is 4.29. The lowest BCUT2D eigenvalue weighted by Gasteiger charge is -2.16. The molecule has 1 aliphatic rings. The summed E-state index contributed by atoms with van der Waals surface area (Å²) in [4.78, 5) is 9.54. The first-order valence-electron chi connectivity index (χ1n) is 12.9. The van der Waals surface area contributed by atoms with Gasteiger partial charge in [-0.05, 0) is 50.7 Å². The number of hydrogen-bond acceptors (Lipinski definition) is 6. The molecule has 1 fully saturated rings. The van der Waals surface area contributed by atoms with Crippen LogP contribution in [0.25, 0.3) is 39.5 Å². The highest BCUT2D eigenvalue weighted by Gasteiger charge is 2.28. The van der Waals surface area contributed by atoms with Gasteiger partial charge in [0.1, 0.15) is 5.52 Å². The van der Waals surface area contributed by atoms with E-state index < -0.39 is 0 Å². The van der Waals surface area contributed by atoms with E-state index in [2.05, 4.69) is 48.5 Å². The summed E-state index contributed by atoms with van der Waals surface area (Å²) in [5, 5.41) is 23.2. The molecule has 0 amide bonds. The highest BCUT2D eigenvalue weighted by molar-refractivity contribution is 5.98. The maximum atomic E-state index is 9.71. The summed E-state index contributed by atoms with van der Waals surface area (Å²) in [6.07, 6.45) is 10.6. The first kappa shape index (κ1) is 23.4. The van der Waals surface area contributed by atoms with Gasteiger partial charge in [-0.1, -0.05) is 30.3 Å². The van der Waals surface area contributed by atoms with Gasteiger partial charge in [-0.3, -0.25) is 4.68 Å². The molecule has 190 valence electrons. The van der Waals surface area contributed by atoms with Crippen molar-refractivity contribution < 1.29 is 5.11 Å². The van der Waals surface area contributed by atoms with Crippen LogP contribution in [0.3, 0.4) is 0 Å². The van der Waals surface area contributed by atoms with E-state index in [0.29, 0.717) is 17.6 Å². The molecule has 1 saturated carbocycles. The van der Waals surface area contributed by atoms with Crippen molar-refractivity contribution in [3.05, 3.63) is 61.2 Å². The molecule has 0 saturated heterocycles. The Kier molecular flexibility index (Phi) is 6.00. The monoisotopic (exact) mass is 496 g/mol. The summed E-state index contributed by atoms with van der Waals surface area (Å²) in [7, 11) is 1.95. The number of imidazole rings is 1. The molecule has 2 atom stereocenters. The third-order valence-corrected chi connectivity index (χ3v) is 7.27. The lowest BCUT2D eigenvalue weighted by Crippen LogP contribution is -2.19. The summed E-state index contributed by atoms with van der Waals surface area (Å²) in [5.41, 5.74) is 4.92. The van der Waals surface area contributed by atoms with E-state index in [1.807, 2.05) is 51.4 Å². The second-order valence-corrected chi connectivity index (χ2v) is 10.2. The Morgan fingerprint density at radius 1 is 1.08 bits per heavy atom. The van der Waals surface area contributed by atoms with Gasteiger partial charge in [0.05, 0.1) is 5.69 Å². The van der Waals surface area contributed by atoms with Gasteiger partial charge in [-0.15, -0.1) is 5.10 Å². The fourth-order valence-corrected chi connectivity index (χ4v) is 5.28. The number of hydrogen-bond donors (Lipinski definition) is 2. The Balaban J connectivity index is 1.59. The summed E-state index contributed by atoms with van der Waals surface area (Å²) >= 11 is 0. The molecule has 1 aromatic carbocycles. The number of rotatable bonds is 7. The Morgan fingerprint density at radius 3 is 2.59 bits per heavy atom. The molecule has 0 unspecified atom stereocenters. The first-order valence-corrected chi connectivity index (χ1v) is 12.9. The molecule has 5 aromatic rings. The Labute approximate surface area is 215 Å². The van der Waals surface area contributed by atoms with Crippen LogP contribution in [-0.2, 0) is 7.05 Å². The number of aliphatic hydroxyl groups is 1. The van der Waals surface area contributed by atoms with E-state index in [-0.39, 0.29) is 18.7 Å². The van der Waals surface area contributed by atoms with Crippen LogP contribution in [0.2, 0.25) is 0 Å². The molecule has 0 spiro atoms. The Hall–Kier alpha value is -3.98. The number of benzene rings is 1. The van der Waals surface area contributed by atoms with Crippen molar-refractivity contribution in [3.63, 3.8) is 0 Å². The number of nitrogens with zero attached hydrogens (tertiary/aromatic N) is 7. The van der Waals surface area contributed by atoms with E-state index in [1.165, 1.54) is 0 Å². The molecule has 0 radical (unpaired) electrons. The quantitative estimate of drug-likeness (QED) is 0.335. The lowest BCUT2D eigenvalue weighted by molar-refractivity contribution is 0.229. The fourth-order valence-electron chi connectivity index (χ4n) is 5.28. The molecule has 37 heavy (non-hydrogen) atoms. The highest BCUT2D eigenvalue weighted by atomic mass is 16.3. The van der Waals surface area contributed by atoms with Gasteiger partial charge in [0.2, 0.25) is 5.82 Å². The molecule has 0 bridgehead atoms. The molecule has 4 aromatic heterocycles. The number of aromatic nitrogens is 7. The second-order valence-electron chi connectivity index (χ2n) is 10.2. The summed E-state index contributed by atoms with van der Waals surface area (Å²) in [6.45, 7) is 4.47. The topological polar surface area (TPSA) is 98.1 Å². The predicted octanol–water partition coefficient (Wildman–Crippen LogP) is 4.81. The van der Waals surface area contributed by atoms with Crippen LogP contribution in [0.15, 0.2) is 61.2 Å². The maximum absolute atomic E-state index is 9.71. The predicted molar refractivity (Wildman–Crippen MR) is 144 cm³/mol. The molecule has 4 heterocycles. The van der Waals surface area contributed by atoms with Crippen LogP contribution in [0.5, 0.6) is 0 Å². The number of nitrogens with one attached hydrogen (secondary N) is 1. The number of aliphatic hydroxyl groups excluding tert-OH is 1. The number of aryl methyl sites for hydroxylation is 1. The van der Waals surface area contributed by atoms with Gasteiger partial charge in [0, 0.05) is 61.7 Å². The maximum Gasteiger partial charge on any atom is 0.218 e. The van der Waals surface area contributed by atoms with Gasteiger partial charge in [-0.25, -0.2) is 14.5 Å². The molecule has 6 rings (SSSR count). The minimum absolute atomic E-state index is 0.221. The summed E-state index contributed by atoms with van der Waals surface area (Å²) < 4.78 is 5.82. The zero-order valence-electron chi connectivity index (χ0n) is 21.4. The largest absolute Gasteiger partial charge is 0.396 e. The Bertz CT molecular complexity index is 1530. The molecular weight excluding hydrogens is 464 g/mol. The molecule has 9 nitrogen and oxygen atoms in total. The van der Waals surface area contributed by atoms with Crippen molar-refractivity contribution in [3.8, 4) is 34.0 Å². The minimum atomic E-state index is 0.221. The second kappa shape index (κ2) is 9.48. The van der Waals surface area contributed by atoms with Gasteiger partial charge in [0.15, 0.2) is 11.6 Å². The smallest absolute Gasteiger partial charge is 0.218 e. The normalized spacial score (nSPS) is 17.8. The minimum Gasteiger partial charge on any atom is -0.396 e. The van der Waals surface area contributed by atoms with Gasteiger partial charge in [-0.2, -0.15) is 5.10 Å². The molecule has 2 N–H and O–H groups in total. The van der Waals surface area contributed by atoms with Crippen molar-refractivity contribution in [2.24, 2.45) is 13.0 Å². The van der Waals surface area contributed by atoms with Crippen molar-refractivity contribution >= 4 is 11.3 Å². The third-order valence-electron chi connectivity index (χ3n) is 7.27. The van der Waals surface area contributed by atoms with Crippen LogP contribution >= 0.6 is 0 Å². The van der Waals surface area contributed by atoms with E-state index in [0.717, 1.165) is 53.0 Å². The van der Waals surface area contributed by atoms with Crippen molar-refractivity contribution in [2.75, 3.05) is 11.9 Å². The summed E-state index contributed by atoms with van der Waals surface area (Å²) in [5.74, 6) is 2.34. The highest BCUT2D eigenvalue weighted by Crippen LogP contribution is 2.40. The van der Waals surface area contributed by atoms with E-state index >= 15 is 0 Å². The Morgan fingerprint density at radius 2 is 1.92 bits per heavy atom. The lowest BCUT2D eigenvalue weighted by atomic mass is 10.0. The van der Waals surface area contributed by atoms with Crippen molar-refractivity contribution in [1.82, 2.24) is 33.9 Å². The average Bonchev–Trinajstić information content (AvgIpc) is 3.69. The zero-order valence-corrected chi connectivity index (χ0v) is 21.4. The first-order chi connectivity index (χ1) is 18.0. The summed E-state index contributed by atoms with van der Waals surface area (Å²) in [6, 6.07) is 12.9. The zero-order chi connectivity index (χ0) is 25.5. The fraction of sp³-hybridized carbons (Fsp3) is 0.357. The molecule has 0 aliphatic heterocycles. The van der Waals surface area contributed by atoms with Crippen LogP contribution in [0.1, 0.15) is 39.2 Å². The van der Waals surface area contributed by atoms with Gasteiger partial charge >= 0.3 is 0 Å². The standard InChI is InChI=1S/C28H32N8O/c1-18(2)35-13-11-23(32-35)22-16-36-25(24(22)20-7-5-4-6-8-20)26(30-21-10-9-19(15-21)17-37)31-27(33-36)28-29-12-14-34(28)3/h4-8,11-14,16,18-19,21,37H,9-10,15,17H2,1-3H3,(H,30,31,33)/t19-,21+/m0/s1. The van der Waals surface area contributed by atoms with Gasteiger partial charge in [0.25, 0.3) is 0 Å². The van der Waals surface area contributed by atoms with Gasteiger partial charge < -0.3 is 15.0 Å². The average molecular weight is 497 g/mol. The molecule has 1 aliphatic carbocycles. The molecule has 9 heteroatoms. The van der Waals surface area contributed by atoms with Crippen molar-refractivity contribution in [2.45, 2.75) is 45.2 Å². The number of anilines is 1. The van der Waals surface area contributed by atoms with Crippen molar-refractivity contribution in [1.29, 1.82) is 0 Å². The van der Waals surface area contributed by atoms with E-state index in [9.17, 15) is 5.11 Å². The SMILES string of the molecule is CC(C)n1ccc(-c2cn3nc(-c4nccn4C)nc(N[C@@H]4CC[C@H](CO)C4)c3c2-c2ccccc2)n1. The van der Waals surface area contributed by atoms with Crippen LogP contribution in [0.4, 0.5) is 5.82 Å². The van der Waals surface area contributed by atoms with Crippen LogP contribution < -0.4 is 5.32 Å². The molecular formula is C28H32N8O. The number of fused-ring (bicyclic) bond motifs is 1. The van der Waals surface area contributed by atoms with E-state index in [1.54, 1.807) is 6.20 Å². The van der Waals surface area contributed by atoms with Crippen LogP contribution in [0, 0.1) is 5.92 Å². The van der Waals surface area contributed by atoms with Crippen LogP contribution in [-0.4, -0.2) is 51.7 Å². The van der Waals surface area contributed by atoms with E-state index in [4.69, 9.17) is 15.2 Å².